The van der Waals surface area contributed by atoms with E-state index in [1.807, 2.05) is 18.3 Å². The Bertz CT molecular complexity index is 1960. The number of nitrogens with zero attached hydrogens (tertiary/aromatic N) is 9. The van der Waals surface area contributed by atoms with E-state index >= 15 is 0 Å². The van der Waals surface area contributed by atoms with Crippen LogP contribution < -0.4 is 24.6 Å². The van der Waals surface area contributed by atoms with Gasteiger partial charge < -0.3 is 25.2 Å². The summed E-state index contributed by atoms with van der Waals surface area (Å²) in [4.78, 5) is 31.0. The van der Waals surface area contributed by atoms with Crippen molar-refractivity contribution in [1.82, 2.24) is 34.7 Å². The van der Waals surface area contributed by atoms with Gasteiger partial charge in [-0.2, -0.15) is 9.97 Å². The summed E-state index contributed by atoms with van der Waals surface area (Å²) in [5.74, 6) is 2.75. The zero-order chi connectivity index (χ0) is 35.0. The quantitative estimate of drug-likeness (QED) is 0.229. The smallest absolute Gasteiger partial charge is 0.239 e. The first-order valence-electron chi connectivity index (χ1n) is 17.5. The average Bonchev–Trinajstić information content (AvgIpc) is 3.97. The predicted octanol–water partition coefficient (Wildman–Crippen LogP) is 4.36. The molecule has 0 amide bonds. The molecule has 2 saturated heterocycles. The molecule has 2 aliphatic heterocycles. The van der Waals surface area contributed by atoms with Crippen LogP contribution in [0.1, 0.15) is 49.7 Å². The molecule has 0 atom stereocenters. The molecular formula is C35H47N11O3S. The normalized spacial score (nSPS) is 18.0. The first kappa shape index (κ1) is 34.1. The Hall–Kier alpha value is -4.34. The van der Waals surface area contributed by atoms with Crippen molar-refractivity contribution in [3.63, 3.8) is 0 Å². The molecule has 0 radical (unpaired) electrons. The van der Waals surface area contributed by atoms with Gasteiger partial charge in [0.15, 0.2) is 0 Å². The number of sulfonamides is 1. The number of anilines is 6. The van der Waals surface area contributed by atoms with Gasteiger partial charge in [0.25, 0.3) is 0 Å². The average molecular weight is 702 g/mol. The highest BCUT2D eigenvalue weighted by molar-refractivity contribution is 7.92. The molecule has 3 aromatic heterocycles. The summed E-state index contributed by atoms with van der Waals surface area (Å²) in [5, 5.41) is 6.82. The molecule has 15 heteroatoms. The number of ether oxygens (including phenoxy) is 1. The van der Waals surface area contributed by atoms with Crippen molar-refractivity contribution < 1.29 is 13.2 Å². The maximum atomic E-state index is 12.7. The third-order valence-corrected chi connectivity index (χ3v) is 11.4. The number of aryl methyl sites for hydroxylation is 1. The van der Waals surface area contributed by atoms with E-state index in [-0.39, 0.29) is 0 Å². The minimum atomic E-state index is -3.61. The molecule has 2 N–H and O–H groups in total. The Balaban J connectivity index is 1.16. The van der Waals surface area contributed by atoms with Crippen LogP contribution in [0.3, 0.4) is 0 Å². The summed E-state index contributed by atoms with van der Waals surface area (Å²) in [5.41, 5.74) is 4.79. The number of piperazine rings is 1. The van der Waals surface area contributed by atoms with Crippen LogP contribution in [-0.4, -0.2) is 116 Å². The van der Waals surface area contributed by atoms with Crippen molar-refractivity contribution in [2.24, 2.45) is 0 Å². The van der Waals surface area contributed by atoms with Crippen molar-refractivity contribution in [3.8, 4) is 5.88 Å². The third kappa shape index (κ3) is 7.12. The lowest BCUT2D eigenvalue weighted by atomic mass is 10.0. The van der Waals surface area contributed by atoms with Crippen LogP contribution in [0, 0.1) is 0 Å². The third-order valence-electron chi connectivity index (χ3n) is 10.2. The van der Waals surface area contributed by atoms with Gasteiger partial charge in [0.2, 0.25) is 21.9 Å². The second kappa shape index (κ2) is 14.1. The van der Waals surface area contributed by atoms with E-state index in [9.17, 15) is 8.42 Å². The fourth-order valence-electron chi connectivity index (χ4n) is 7.04. The van der Waals surface area contributed by atoms with Crippen molar-refractivity contribution in [2.75, 3.05) is 86.6 Å². The predicted molar refractivity (Wildman–Crippen MR) is 198 cm³/mol. The first-order chi connectivity index (χ1) is 24.1. The molecule has 1 aliphatic carbocycles. The molecule has 0 spiro atoms. The number of piperidine rings is 1. The zero-order valence-electron chi connectivity index (χ0n) is 29.6. The molecule has 0 bridgehead atoms. The molecule has 50 heavy (non-hydrogen) atoms. The van der Waals surface area contributed by atoms with Gasteiger partial charge in [-0.3, -0.25) is 19.2 Å². The van der Waals surface area contributed by atoms with Gasteiger partial charge in [0.05, 0.1) is 24.6 Å². The van der Waals surface area contributed by atoms with Crippen LogP contribution >= 0.6 is 0 Å². The molecular weight excluding hydrogens is 655 g/mol. The lowest BCUT2D eigenvalue weighted by Crippen LogP contribution is -2.52. The lowest BCUT2D eigenvalue weighted by molar-refractivity contribution is 0.0981. The second-order valence-electron chi connectivity index (χ2n) is 13.6. The first-order valence-corrected chi connectivity index (χ1v) is 19.3. The van der Waals surface area contributed by atoms with Gasteiger partial charge in [-0.15, -0.1) is 0 Å². The van der Waals surface area contributed by atoms with Gasteiger partial charge in [-0.05, 0) is 68.8 Å². The molecule has 1 saturated carbocycles. The molecule has 3 aliphatic rings. The van der Waals surface area contributed by atoms with Gasteiger partial charge in [0.1, 0.15) is 28.5 Å². The molecule has 1 aromatic carbocycles. The minimum absolute atomic E-state index is 0.324. The number of pyridine rings is 1. The van der Waals surface area contributed by atoms with Crippen molar-refractivity contribution >= 4 is 55.7 Å². The van der Waals surface area contributed by atoms with Gasteiger partial charge in [-0.25, -0.2) is 13.4 Å². The number of likely N-dealkylation sites (N-methyl/N-ethyl adjacent to an activating group) is 1. The molecule has 5 heterocycles. The summed E-state index contributed by atoms with van der Waals surface area (Å²) < 4.78 is 32.5. The van der Waals surface area contributed by atoms with Crippen LogP contribution in [0.4, 0.5) is 34.6 Å². The highest BCUT2D eigenvalue weighted by Crippen LogP contribution is 2.45. The van der Waals surface area contributed by atoms with Crippen LogP contribution in [0.2, 0.25) is 0 Å². The topological polar surface area (TPSA) is 145 Å². The Morgan fingerprint density at radius 3 is 2.36 bits per heavy atom. The van der Waals surface area contributed by atoms with Gasteiger partial charge in [-0.1, -0.05) is 6.92 Å². The van der Waals surface area contributed by atoms with Crippen molar-refractivity contribution in [2.45, 2.75) is 51.0 Å². The lowest BCUT2D eigenvalue weighted by Gasteiger charge is -2.42. The van der Waals surface area contributed by atoms with E-state index in [0.29, 0.717) is 57.7 Å². The molecule has 0 unspecified atom stereocenters. The summed E-state index contributed by atoms with van der Waals surface area (Å²) in [6.45, 7) is 8.64. The largest absolute Gasteiger partial charge is 0.479 e. The molecule has 7 rings (SSSR count). The highest BCUT2D eigenvalue weighted by Gasteiger charge is 2.31. The van der Waals surface area contributed by atoms with E-state index in [1.165, 1.54) is 17.6 Å². The molecule has 4 aromatic rings. The van der Waals surface area contributed by atoms with Crippen LogP contribution in [0.15, 0.2) is 36.8 Å². The number of fused-ring (bicyclic) bond motifs is 1. The SMILES string of the molecule is CCc1cc(Nc2ncc(C3CC3)c(Nc3ccc4nccnc4c3N(C)S(C)(=O)=O)n2)c(OC)nc1N1CCC(N2CCN(C)CC2)CC1. The number of rotatable bonds is 11. The van der Waals surface area contributed by atoms with Crippen LogP contribution in [0.5, 0.6) is 5.88 Å². The fraction of sp³-hybridized carbons (Fsp3) is 0.514. The van der Waals surface area contributed by atoms with E-state index in [1.54, 1.807) is 19.5 Å². The van der Waals surface area contributed by atoms with E-state index in [4.69, 9.17) is 19.7 Å². The number of hydrogen-bond donors (Lipinski definition) is 2. The Morgan fingerprint density at radius 2 is 1.68 bits per heavy atom. The number of hydrogen-bond acceptors (Lipinski definition) is 13. The van der Waals surface area contributed by atoms with E-state index < -0.39 is 10.0 Å². The zero-order valence-corrected chi connectivity index (χ0v) is 30.4. The minimum Gasteiger partial charge on any atom is -0.479 e. The van der Waals surface area contributed by atoms with Gasteiger partial charge in [0, 0.05) is 76.5 Å². The Labute approximate surface area is 294 Å². The highest BCUT2D eigenvalue weighted by atomic mass is 32.2. The number of methoxy groups -OCH3 is 1. The molecule has 266 valence electrons. The van der Waals surface area contributed by atoms with Crippen molar-refractivity contribution in [1.29, 1.82) is 0 Å². The van der Waals surface area contributed by atoms with Crippen LogP contribution in [-0.2, 0) is 16.4 Å². The summed E-state index contributed by atoms with van der Waals surface area (Å²) in [6.07, 6.45) is 11.3. The number of aromatic nitrogens is 5. The maximum Gasteiger partial charge on any atom is 0.239 e. The summed E-state index contributed by atoms with van der Waals surface area (Å²) in [6, 6.07) is 6.35. The Morgan fingerprint density at radius 1 is 0.940 bits per heavy atom. The van der Waals surface area contributed by atoms with Crippen LogP contribution in [0.25, 0.3) is 11.0 Å². The van der Waals surface area contributed by atoms with E-state index in [2.05, 4.69) is 55.3 Å². The standard InChI is InChI=1S/C35H47N11O3S/c1-6-23-21-29(34(49-4)42-33(23)46-15-11-25(12-16-46)45-19-17-43(2)18-20-45)40-35-38-22-26(24-7-8-24)32(41-35)39-28-10-9-27-30(37-14-13-36-27)31(28)44(3)50(5,47)48/h9-10,13-14,21-22,24-25H,6-8,11-12,15-20H2,1-5H3,(H2,38,39,40,41). The molecule has 3 fully saturated rings. The van der Waals surface area contributed by atoms with E-state index in [0.717, 1.165) is 88.3 Å². The Kier molecular flexibility index (Phi) is 9.63. The second-order valence-corrected chi connectivity index (χ2v) is 15.6. The molecule has 14 nitrogen and oxygen atoms in total. The number of nitrogens with one attached hydrogen (secondary N) is 2. The maximum absolute atomic E-state index is 12.7. The van der Waals surface area contributed by atoms with Crippen molar-refractivity contribution in [3.05, 3.63) is 47.9 Å². The summed E-state index contributed by atoms with van der Waals surface area (Å²) >= 11 is 0. The summed E-state index contributed by atoms with van der Waals surface area (Å²) in [7, 11) is 1.75. The number of benzene rings is 1. The monoisotopic (exact) mass is 701 g/mol. The fourth-order valence-corrected chi connectivity index (χ4v) is 7.55. The van der Waals surface area contributed by atoms with Gasteiger partial charge >= 0.3 is 0 Å².